The molecule has 6 heterocycles. The third kappa shape index (κ3) is 13.5. The first-order chi connectivity index (χ1) is 37.6. The second kappa shape index (κ2) is 24.7. The van der Waals surface area contributed by atoms with Gasteiger partial charge in [-0.2, -0.15) is 0 Å². The van der Waals surface area contributed by atoms with Crippen LogP contribution in [0.3, 0.4) is 0 Å². The highest BCUT2D eigenvalue weighted by Crippen LogP contribution is 2.32. The van der Waals surface area contributed by atoms with E-state index in [-0.39, 0.29) is 107 Å². The number of rotatable bonds is 26. The van der Waals surface area contributed by atoms with Gasteiger partial charge in [0.1, 0.15) is 35.4 Å². The van der Waals surface area contributed by atoms with Gasteiger partial charge in [0.15, 0.2) is 17.4 Å². The van der Waals surface area contributed by atoms with Crippen molar-refractivity contribution >= 4 is 93.3 Å². The highest BCUT2D eigenvalue weighted by atomic mass is 16.5. The Morgan fingerprint density at radius 1 is 0.759 bits per heavy atom. The molecule has 0 aliphatic carbocycles. The summed E-state index contributed by atoms with van der Waals surface area (Å²) in [7, 11) is 0. The molecule has 29 heteroatoms. The van der Waals surface area contributed by atoms with Gasteiger partial charge in [0.25, 0.3) is 23.6 Å². The first-order valence-electron chi connectivity index (χ1n) is 24.5. The number of carboxylic acid groups (broad SMARTS) is 1. The van der Waals surface area contributed by atoms with Crippen LogP contribution in [0.1, 0.15) is 105 Å². The molecule has 414 valence electrons. The molecule has 0 spiro atoms. The minimum atomic E-state index is -1.47. The molecule has 0 unspecified atom stereocenters. The Kier molecular flexibility index (Phi) is 17.7. The predicted octanol–water partition coefficient (Wildman–Crippen LogP) is 1.55. The number of imide groups is 1. The summed E-state index contributed by atoms with van der Waals surface area (Å²) in [6, 6.07) is 1.42. The maximum absolute atomic E-state index is 13.8. The van der Waals surface area contributed by atoms with Crippen LogP contribution in [0, 0.1) is 13.8 Å². The van der Waals surface area contributed by atoms with Crippen molar-refractivity contribution in [2.24, 2.45) is 11.5 Å². The number of fused-ring (bicyclic) bond motifs is 2. The Labute approximate surface area is 447 Å². The van der Waals surface area contributed by atoms with Crippen LogP contribution in [-0.4, -0.2) is 135 Å². The molecule has 5 aromatic heterocycles. The summed E-state index contributed by atoms with van der Waals surface area (Å²) in [5, 5.41) is 19.4. The largest absolute Gasteiger partial charge is 0.491 e. The molecule has 0 saturated carbocycles. The molecule has 79 heavy (non-hydrogen) atoms. The van der Waals surface area contributed by atoms with Gasteiger partial charge in [-0.05, 0) is 44.4 Å². The van der Waals surface area contributed by atoms with E-state index in [1.54, 1.807) is 42.1 Å². The number of carboxylic acids is 1. The third-order valence-electron chi connectivity index (χ3n) is 11.8. The zero-order valence-corrected chi connectivity index (χ0v) is 43.2. The molecular formula is C50H54N14O15. The highest BCUT2D eigenvalue weighted by molar-refractivity contribution is 6.14. The molecule has 1 aromatic carbocycles. The average Bonchev–Trinajstić information content (AvgIpc) is 4.29. The molecule has 9 N–H and O–H groups in total. The topological polar surface area (TPSA) is 413 Å². The summed E-state index contributed by atoms with van der Waals surface area (Å²) < 4.78 is 25.9. The Morgan fingerprint density at radius 2 is 1.33 bits per heavy atom. The molecule has 0 bridgehead atoms. The fourth-order valence-electron chi connectivity index (χ4n) is 8.04. The number of amides is 8. The van der Waals surface area contributed by atoms with Gasteiger partial charge >= 0.3 is 11.9 Å². The van der Waals surface area contributed by atoms with Crippen LogP contribution < -0.4 is 37.5 Å². The molecule has 1 aliphatic rings. The van der Waals surface area contributed by atoms with Crippen LogP contribution in [0.2, 0.25) is 0 Å². The van der Waals surface area contributed by atoms with E-state index >= 15 is 0 Å². The third-order valence-corrected chi connectivity index (χ3v) is 11.8. The van der Waals surface area contributed by atoms with Crippen molar-refractivity contribution in [2.45, 2.75) is 91.9 Å². The molecule has 0 fully saturated rings. The Morgan fingerprint density at radius 3 is 1.91 bits per heavy atom. The smallest absolute Gasteiger partial charge is 0.328 e. The number of primary amides is 2. The number of benzene rings is 1. The van der Waals surface area contributed by atoms with E-state index < -0.39 is 90.7 Å². The molecule has 6 aromatic rings. The molecule has 29 nitrogen and oxygen atoms in total. The summed E-state index contributed by atoms with van der Waals surface area (Å²) in [4.78, 5) is 149. The molecule has 1 aliphatic heterocycles. The number of oxazole rings is 2. The van der Waals surface area contributed by atoms with Crippen molar-refractivity contribution < 1.29 is 71.4 Å². The minimum Gasteiger partial charge on any atom is -0.491 e. The number of allylic oxidation sites excluding steroid dienone is 2. The second-order valence-electron chi connectivity index (χ2n) is 17.6. The van der Waals surface area contributed by atoms with E-state index in [1.165, 1.54) is 31.3 Å². The Bertz CT molecular complexity index is 3480. The number of nitrogens with two attached hydrogens (primary N) is 2. The van der Waals surface area contributed by atoms with Crippen LogP contribution in [0.4, 0.5) is 11.9 Å². The zero-order chi connectivity index (χ0) is 57.2. The van der Waals surface area contributed by atoms with Crippen LogP contribution in [-0.2, 0) is 59.4 Å². The van der Waals surface area contributed by atoms with Crippen molar-refractivity contribution in [3.05, 3.63) is 94.5 Å². The van der Waals surface area contributed by atoms with E-state index in [0.717, 1.165) is 12.2 Å². The fourth-order valence-corrected chi connectivity index (χ4v) is 8.04. The number of carbonyl (C=O) groups excluding carboxylic acids is 9. The number of aliphatic carboxylic acids is 1. The number of imidazole rings is 2. The van der Waals surface area contributed by atoms with Crippen molar-refractivity contribution in [1.82, 2.24) is 49.6 Å². The van der Waals surface area contributed by atoms with Gasteiger partial charge in [0.05, 0.1) is 35.7 Å². The molecule has 0 saturated heterocycles. The lowest BCUT2D eigenvalue weighted by Gasteiger charge is -2.21. The van der Waals surface area contributed by atoms with Gasteiger partial charge in [-0.1, -0.05) is 26.0 Å². The summed E-state index contributed by atoms with van der Waals surface area (Å²) in [6.07, 6.45) is 6.47. The number of carbonyl (C=O) groups is 10. The number of esters is 1. The molecule has 8 amide bonds. The van der Waals surface area contributed by atoms with Crippen LogP contribution >= 0.6 is 0 Å². The molecule has 0 radical (unpaired) electrons. The number of nitrogens with zero attached hydrogens (tertiary/aromatic N) is 8. The summed E-state index contributed by atoms with van der Waals surface area (Å²) in [5.41, 5.74) is 13.1. The maximum Gasteiger partial charge on any atom is 0.328 e. The zero-order valence-electron chi connectivity index (χ0n) is 43.2. The van der Waals surface area contributed by atoms with Crippen LogP contribution in [0.15, 0.2) is 57.5 Å². The van der Waals surface area contributed by atoms with E-state index in [2.05, 4.69) is 46.2 Å². The van der Waals surface area contributed by atoms with Crippen molar-refractivity contribution in [3.8, 4) is 5.75 Å². The molecular weight excluding hydrogens is 1040 g/mol. The van der Waals surface area contributed by atoms with Crippen molar-refractivity contribution in [3.63, 3.8) is 0 Å². The van der Waals surface area contributed by atoms with Crippen LogP contribution in [0.5, 0.6) is 5.75 Å². The lowest BCUT2D eigenvalue weighted by atomic mass is 10.1. The lowest BCUT2D eigenvalue weighted by molar-refractivity contribution is -0.148. The van der Waals surface area contributed by atoms with Gasteiger partial charge < -0.3 is 50.1 Å². The van der Waals surface area contributed by atoms with E-state index in [1.807, 2.05) is 6.92 Å². The quantitative estimate of drug-likeness (QED) is 0.0175. The number of ether oxygens (including phenoxy) is 2. The standard InChI is InChI=1S/C50H54N14O15/c1-6-29-40(78-25(4)55-29)46(73)60-49-58-32-19-27(42(51)70)21-34(76-17-10-18-77-48(75)24(3)54-45(72)31(11-14-38(68)69)57-35(65)23-64-36(66)12-13-37(64)67)39(32)62(49)15-8-9-16-63-44-33(20-28(22-53-44)43(52)71)59-50(63)61-47(74)41-30(7-2)56-26(5)79-41/h8-9,12-13,19-22,24,31H,6-7,10-11,14-18,23H2,1-5H3,(H2,51,70)(H2,52,71)(H,54,72)(H,57,65)(H,68,69)(H,58,60,73)(H,59,61,74)/b9-8+/t24-,31+/m0/s1. The Balaban J connectivity index is 1.09. The number of hydrogen-bond donors (Lipinski definition) is 7. The normalized spacial score (nSPS) is 13.0. The van der Waals surface area contributed by atoms with E-state index in [0.29, 0.717) is 29.1 Å². The number of aromatic nitrogens is 7. The number of anilines is 2. The summed E-state index contributed by atoms with van der Waals surface area (Å²) in [5.74, 6) is -7.89. The first-order valence-corrected chi connectivity index (χ1v) is 24.5. The number of hydrogen-bond acceptors (Lipinski definition) is 19. The lowest BCUT2D eigenvalue weighted by Crippen LogP contribution is -2.53. The first kappa shape index (κ1) is 56.6. The molecule has 7 rings (SSSR count). The van der Waals surface area contributed by atoms with Gasteiger partial charge in [0.2, 0.25) is 47.0 Å². The predicted molar refractivity (Wildman–Crippen MR) is 274 cm³/mol. The average molecular weight is 1090 g/mol. The molecule has 2 atom stereocenters. The monoisotopic (exact) mass is 1090 g/mol. The number of pyridine rings is 1. The SMILES string of the molecule is CCc1nc(C)oc1C(=O)Nc1nc2cc(C(N)=O)cnc2n1C/C=C/Cn1c(NC(=O)c2oc(C)nc2CC)nc2cc(C(N)=O)cc(OCCCOC(=O)[C@H](C)NC(=O)[C@@H](CCC(=O)O)NC(=O)CN3C(=O)C=CC3=O)c21. The second-order valence-corrected chi connectivity index (χ2v) is 17.6. The minimum absolute atomic E-state index is 0.0105. The van der Waals surface area contributed by atoms with E-state index in [4.69, 9.17) is 29.8 Å². The number of aryl methyl sites for hydroxylation is 4. The Hall–Kier alpha value is -10.1. The van der Waals surface area contributed by atoms with Crippen molar-refractivity contribution in [2.75, 3.05) is 30.4 Å². The number of nitrogens with one attached hydrogen (secondary N) is 4. The van der Waals surface area contributed by atoms with E-state index in [9.17, 15) is 53.1 Å². The summed E-state index contributed by atoms with van der Waals surface area (Å²) >= 11 is 0. The van der Waals surface area contributed by atoms with Crippen molar-refractivity contribution in [1.29, 1.82) is 0 Å². The van der Waals surface area contributed by atoms with Gasteiger partial charge in [-0.3, -0.25) is 63.3 Å². The fraction of sp³-hybridized carbons (Fsp3) is 0.340. The van der Waals surface area contributed by atoms with Gasteiger partial charge in [-0.15, -0.1) is 0 Å². The van der Waals surface area contributed by atoms with Gasteiger partial charge in [-0.25, -0.2) is 29.7 Å². The van der Waals surface area contributed by atoms with Crippen LogP contribution in [0.25, 0.3) is 22.2 Å². The maximum atomic E-state index is 13.8. The summed E-state index contributed by atoms with van der Waals surface area (Å²) in [6.45, 7) is 6.96. The van der Waals surface area contributed by atoms with Gasteiger partial charge in [0, 0.05) is 63.7 Å². The highest BCUT2D eigenvalue weighted by Gasteiger charge is 2.31.